The van der Waals surface area contributed by atoms with Crippen LogP contribution in [0.2, 0.25) is 0 Å². The molecule has 152 valence electrons. The Morgan fingerprint density at radius 1 is 1.10 bits per heavy atom. The Morgan fingerprint density at radius 2 is 1.83 bits per heavy atom. The van der Waals surface area contributed by atoms with Gasteiger partial charge >= 0.3 is 0 Å². The summed E-state index contributed by atoms with van der Waals surface area (Å²) < 4.78 is 34.8. The lowest BCUT2D eigenvalue weighted by atomic mass is 9.82. The van der Waals surface area contributed by atoms with E-state index in [4.69, 9.17) is 4.74 Å². The van der Waals surface area contributed by atoms with E-state index in [-0.39, 0.29) is 30.6 Å². The van der Waals surface area contributed by atoms with Crippen molar-refractivity contribution in [3.05, 3.63) is 64.7 Å². The van der Waals surface area contributed by atoms with Gasteiger partial charge in [-0.3, -0.25) is 4.79 Å². The summed E-state index contributed by atoms with van der Waals surface area (Å²) in [6.45, 7) is 0.723. The first-order chi connectivity index (χ1) is 14.1. The van der Waals surface area contributed by atoms with Gasteiger partial charge in [0.05, 0.1) is 5.56 Å². The third-order valence-corrected chi connectivity index (χ3v) is 5.91. The molecule has 0 unspecified atom stereocenters. The summed E-state index contributed by atoms with van der Waals surface area (Å²) in [5, 5.41) is 0. The number of carbonyl (C=O) groups excluding carboxylic acids is 2. The SMILES string of the molecule is O=CC1CCC(CN2Cc3cc(F)c(OCc4ccccc4)c(F)c3C2=O)CC1. The van der Waals surface area contributed by atoms with E-state index in [0.717, 1.165) is 37.5 Å². The second-order valence-corrected chi connectivity index (χ2v) is 7.91. The summed E-state index contributed by atoms with van der Waals surface area (Å²) in [5.41, 5.74) is 1.06. The van der Waals surface area contributed by atoms with Crippen molar-refractivity contribution in [3.63, 3.8) is 0 Å². The van der Waals surface area contributed by atoms with E-state index in [9.17, 15) is 18.4 Å². The first-order valence-corrected chi connectivity index (χ1v) is 9.99. The van der Waals surface area contributed by atoms with E-state index in [0.29, 0.717) is 12.1 Å². The van der Waals surface area contributed by atoms with Gasteiger partial charge < -0.3 is 14.4 Å². The number of carbonyl (C=O) groups is 2. The molecule has 1 aliphatic carbocycles. The number of fused-ring (bicyclic) bond motifs is 1. The average Bonchev–Trinajstić information content (AvgIpc) is 3.04. The number of aldehydes is 1. The molecule has 1 aliphatic heterocycles. The molecule has 0 aromatic heterocycles. The molecular weight excluding hydrogens is 376 g/mol. The summed E-state index contributed by atoms with van der Waals surface area (Å²) in [5.74, 6) is -2.25. The quantitative estimate of drug-likeness (QED) is 0.672. The van der Waals surface area contributed by atoms with Gasteiger partial charge in [0.25, 0.3) is 5.91 Å². The Bertz CT molecular complexity index is 908. The molecule has 4 nitrogen and oxygen atoms in total. The molecule has 0 spiro atoms. The van der Waals surface area contributed by atoms with Crippen molar-refractivity contribution in [2.45, 2.75) is 38.8 Å². The van der Waals surface area contributed by atoms with Gasteiger partial charge in [-0.2, -0.15) is 0 Å². The van der Waals surface area contributed by atoms with Gasteiger partial charge in [-0.1, -0.05) is 30.3 Å². The fourth-order valence-corrected chi connectivity index (χ4v) is 4.27. The van der Waals surface area contributed by atoms with Crippen molar-refractivity contribution in [1.82, 2.24) is 4.90 Å². The Kier molecular flexibility index (Phi) is 5.60. The number of nitrogens with zero attached hydrogens (tertiary/aromatic N) is 1. The molecule has 0 bridgehead atoms. The van der Waals surface area contributed by atoms with Crippen molar-refractivity contribution >= 4 is 12.2 Å². The van der Waals surface area contributed by atoms with Crippen molar-refractivity contribution in [2.75, 3.05) is 6.54 Å². The molecule has 1 heterocycles. The van der Waals surface area contributed by atoms with Crippen LogP contribution in [-0.2, 0) is 17.9 Å². The molecule has 1 fully saturated rings. The van der Waals surface area contributed by atoms with Crippen LogP contribution in [0.15, 0.2) is 36.4 Å². The summed E-state index contributed by atoms with van der Waals surface area (Å²) in [7, 11) is 0. The van der Waals surface area contributed by atoms with E-state index in [2.05, 4.69) is 0 Å². The lowest BCUT2D eigenvalue weighted by Gasteiger charge is -2.29. The molecule has 0 radical (unpaired) electrons. The van der Waals surface area contributed by atoms with E-state index >= 15 is 0 Å². The first kappa shape index (κ1) is 19.6. The molecule has 1 amide bonds. The smallest absolute Gasteiger partial charge is 0.257 e. The van der Waals surface area contributed by atoms with Gasteiger partial charge in [0.15, 0.2) is 17.4 Å². The van der Waals surface area contributed by atoms with Crippen LogP contribution < -0.4 is 4.74 Å². The summed E-state index contributed by atoms with van der Waals surface area (Å²) >= 11 is 0. The van der Waals surface area contributed by atoms with Crippen LogP contribution >= 0.6 is 0 Å². The fourth-order valence-electron chi connectivity index (χ4n) is 4.27. The molecule has 2 aliphatic rings. The molecule has 0 atom stereocenters. The van der Waals surface area contributed by atoms with Crippen LogP contribution in [0.1, 0.15) is 47.2 Å². The van der Waals surface area contributed by atoms with Crippen LogP contribution in [0.3, 0.4) is 0 Å². The highest BCUT2D eigenvalue weighted by Gasteiger charge is 2.35. The zero-order chi connectivity index (χ0) is 20.4. The number of hydrogen-bond acceptors (Lipinski definition) is 3. The lowest BCUT2D eigenvalue weighted by molar-refractivity contribution is -0.112. The normalized spacial score (nSPS) is 21.2. The van der Waals surface area contributed by atoms with E-state index < -0.39 is 23.3 Å². The van der Waals surface area contributed by atoms with Crippen molar-refractivity contribution < 1.29 is 23.1 Å². The van der Waals surface area contributed by atoms with Gasteiger partial charge in [-0.05, 0) is 48.8 Å². The second-order valence-electron chi connectivity index (χ2n) is 7.91. The highest BCUT2D eigenvalue weighted by Crippen LogP contribution is 2.36. The zero-order valence-corrected chi connectivity index (χ0v) is 16.1. The number of hydrogen-bond donors (Lipinski definition) is 0. The Balaban J connectivity index is 1.47. The summed E-state index contributed by atoms with van der Waals surface area (Å²) in [6, 6.07) is 10.3. The highest BCUT2D eigenvalue weighted by atomic mass is 19.1. The number of rotatable bonds is 6. The predicted octanol–water partition coefficient (Wildman–Crippen LogP) is 4.50. The van der Waals surface area contributed by atoms with Crippen LogP contribution in [0, 0.1) is 23.5 Å². The third-order valence-electron chi connectivity index (χ3n) is 5.91. The standard InChI is InChI=1S/C23H23F2NO3/c24-19-10-18-12-26(11-15-6-8-16(13-27)9-7-15)23(28)20(18)21(25)22(19)29-14-17-4-2-1-3-5-17/h1-5,10,13,15-16H,6-9,11-12,14H2. The maximum absolute atomic E-state index is 15.0. The zero-order valence-electron chi connectivity index (χ0n) is 16.1. The van der Waals surface area contributed by atoms with Crippen LogP contribution in [0.4, 0.5) is 8.78 Å². The molecule has 0 saturated heterocycles. The minimum atomic E-state index is -0.923. The van der Waals surface area contributed by atoms with Crippen molar-refractivity contribution in [3.8, 4) is 5.75 Å². The monoisotopic (exact) mass is 399 g/mol. The number of halogens is 2. The topological polar surface area (TPSA) is 46.6 Å². The number of ether oxygens (including phenoxy) is 1. The second kappa shape index (κ2) is 8.31. The largest absolute Gasteiger partial charge is 0.483 e. The molecule has 0 N–H and O–H groups in total. The summed E-state index contributed by atoms with van der Waals surface area (Å²) in [4.78, 5) is 25.3. The van der Waals surface area contributed by atoms with E-state index in [1.807, 2.05) is 18.2 Å². The molecule has 2 aromatic rings. The molecule has 29 heavy (non-hydrogen) atoms. The van der Waals surface area contributed by atoms with Gasteiger partial charge in [-0.25, -0.2) is 8.78 Å². The number of amides is 1. The maximum atomic E-state index is 15.0. The highest BCUT2D eigenvalue weighted by molar-refractivity contribution is 5.99. The van der Waals surface area contributed by atoms with Crippen molar-refractivity contribution in [2.24, 2.45) is 11.8 Å². The minimum Gasteiger partial charge on any atom is -0.483 e. The lowest BCUT2D eigenvalue weighted by Crippen LogP contribution is -2.32. The summed E-state index contributed by atoms with van der Waals surface area (Å²) in [6.07, 6.45) is 4.38. The van der Waals surface area contributed by atoms with E-state index in [1.54, 1.807) is 17.0 Å². The fraction of sp³-hybridized carbons (Fsp3) is 0.391. The van der Waals surface area contributed by atoms with E-state index in [1.165, 1.54) is 6.07 Å². The molecule has 2 aromatic carbocycles. The minimum absolute atomic E-state index is 0.0192. The molecule has 4 rings (SSSR count). The van der Waals surface area contributed by atoms with Gasteiger partial charge in [-0.15, -0.1) is 0 Å². The van der Waals surface area contributed by atoms with Crippen molar-refractivity contribution in [1.29, 1.82) is 0 Å². The molecule has 6 heteroatoms. The van der Waals surface area contributed by atoms with Crippen LogP contribution in [0.5, 0.6) is 5.75 Å². The van der Waals surface area contributed by atoms with Gasteiger partial charge in [0, 0.05) is 19.0 Å². The van der Waals surface area contributed by atoms with Crippen LogP contribution in [0.25, 0.3) is 0 Å². The van der Waals surface area contributed by atoms with Gasteiger partial charge in [0.2, 0.25) is 0 Å². The number of benzene rings is 2. The molecule has 1 saturated carbocycles. The maximum Gasteiger partial charge on any atom is 0.257 e. The molecular formula is C23H23F2NO3. The van der Waals surface area contributed by atoms with Gasteiger partial charge in [0.1, 0.15) is 12.9 Å². The first-order valence-electron chi connectivity index (χ1n) is 9.99. The average molecular weight is 399 g/mol. The Morgan fingerprint density at radius 3 is 2.52 bits per heavy atom. The Labute approximate surface area is 168 Å². The van der Waals surface area contributed by atoms with Crippen LogP contribution in [-0.4, -0.2) is 23.6 Å². The Hall–Kier alpha value is -2.76. The third kappa shape index (κ3) is 4.02. The predicted molar refractivity (Wildman–Crippen MR) is 103 cm³/mol.